The molecule has 0 radical (unpaired) electrons. The third-order valence-corrected chi connectivity index (χ3v) is 3.46. The molecule has 0 saturated heterocycles. The topological polar surface area (TPSA) is 35.8 Å². The molecule has 0 heterocycles. The first-order valence-electron chi connectivity index (χ1n) is 5.94. The molecule has 0 amide bonds. The zero-order chi connectivity index (χ0) is 14.5. The van der Waals surface area contributed by atoms with E-state index in [0.29, 0.717) is 6.42 Å². The molecule has 1 N–H and O–H groups in total. The molecule has 5 heteroatoms. The maximum absolute atomic E-state index is 13.8. The zero-order valence-electron chi connectivity index (χ0n) is 10.5. The standard InChI is InChI=1S/C15H11BrF2N2/c16-13-5-6-14(17)12(15(13)18)9-20-11-3-1-10(2-4-11)7-8-19/h1-6,20H,7,9H2. The first-order chi connectivity index (χ1) is 9.61. The first-order valence-corrected chi connectivity index (χ1v) is 6.73. The van der Waals surface area contributed by atoms with Crippen LogP contribution in [0.25, 0.3) is 0 Å². The van der Waals surface area contributed by atoms with Gasteiger partial charge in [-0.3, -0.25) is 0 Å². The van der Waals surface area contributed by atoms with Gasteiger partial charge in [-0.15, -0.1) is 0 Å². The second kappa shape index (κ2) is 6.49. The molecule has 102 valence electrons. The van der Waals surface area contributed by atoms with Gasteiger partial charge in [-0.2, -0.15) is 5.26 Å². The highest BCUT2D eigenvalue weighted by molar-refractivity contribution is 9.10. The van der Waals surface area contributed by atoms with Crippen molar-refractivity contribution < 1.29 is 8.78 Å². The van der Waals surface area contributed by atoms with E-state index in [0.717, 1.165) is 11.3 Å². The van der Waals surface area contributed by atoms with Crippen LogP contribution in [0.4, 0.5) is 14.5 Å². The Morgan fingerprint density at radius 1 is 1.10 bits per heavy atom. The minimum atomic E-state index is -0.599. The molecular weight excluding hydrogens is 326 g/mol. The fraction of sp³-hybridized carbons (Fsp3) is 0.133. The van der Waals surface area contributed by atoms with Crippen LogP contribution in [0.3, 0.4) is 0 Å². The molecule has 0 aliphatic rings. The fourth-order valence-corrected chi connectivity index (χ4v) is 2.12. The molecule has 2 nitrogen and oxygen atoms in total. The molecule has 0 saturated carbocycles. The lowest BCUT2D eigenvalue weighted by atomic mass is 10.1. The van der Waals surface area contributed by atoms with Crippen molar-refractivity contribution in [3.8, 4) is 6.07 Å². The zero-order valence-corrected chi connectivity index (χ0v) is 12.0. The number of hydrogen-bond acceptors (Lipinski definition) is 2. The quantitative estimate of drug-likeness (QED) is 0.839. The number of nitriles is 1. The van der Waals surface area contributed by atoms with Crippen LogP contribution in [-0.2, 0) is 13.0 Å². The fourth-order valence-electron chi connectivity index (χ4n) is 1.75. The lowest BCUT2D eigenvalue weighted by Gasteiger charge is -2.09. The largest absolute Gasteiger partial charge is 0.381 e. The van der Waals surface area contributed by atoms with Crippen LogP contribution < -0.4 is 5.32 Å². The number of anilines is 1. The summed E-state index contributed by atoms with van der Waals surface area (Å²) in [5.74, 6) is -1.18. The van der Waals surface area contributed by atoms with Gasteiger partial charge in [0.25, 0.3) is 0 Å². The Morgan fingerprint density at radius 3 is 2.45 bits per heavy atom. The SMILES string of the molecule is N#CCc1ccc(NCc2c(F)ccc(Br)c2F)cc1. The summed E-state index contributed by atoms with van der Waals surface area (Å²) in [5, 5.41) is 11.5. The van der Waals surface area contributed by atoms with E-state index in [4.69, 9.17) is 5.26 Å². The van der Waals surface area contributed by atoms with Gasteiger partial charge in [0.05, 0.1) is 17.0 Å². The van der Waals surface area contributed by atoms with Crippen LogP contribution in [0, 0.1) is 23.0 Å². The molecular formula is C15H11BrF2N2. The first kappa shape index (κ1) is 14.5. The third kappa shape index (κ3) is 3.34. The number of halogens is 3. The van der Waals surface area contributed by atoms with Crippen molar-refractivity contribution in [1.29, 1.82) is 5.26 Å². The highest BCUT2D eigenvalue weighted by Crippen LogP contribution is 2.22. The molecule has 0 aliphatic carbocycles. The van der Waals surface area contributed by atoms with Crippen LogP contribution in [0.5, 0.6) is 0 Å². The Morgan fingerprint density at radius 2 is 1.80 bits per heavy atom. The molecule has 0 aliphatic heterocycles. The van der Waals surface area contributed by atoms with Gasteiger partial charge in [0.2, 0.25) is 0 Å². The van der Waals surface area contributed by atoms with E-state index in [1.165, 1.54) is 12.1 Å². The van der Waals surface area contributed by atoms with E-state index >= 15 is 0 Å². The minimum absolute atomic E-state index is 0.0134. The lowest BCUT2D eigenvalue weighted by molar-refractivity contribution is 0.555. The minimum Gasteiger partial charge on any atom is -0.381 e. The van der Waals surface area contributed by atoms with Gasteiger partial charge in [0, 0.05) is 17.8 Å². The number of nitrogens with one attached hydrogen (secondary N) is 1. The summed E-state index contributed by atoms with van der Waals surface area (Å²) in [7, 11) is 0. The average molecular weight is 337 g/mol. The number of hydrogen-bond donors (Lipinski definition) is 1. The highest BCUT2D eigenvalue weighted by Gasteiger charge is 2.11. The predicted molar refractivity (Wildman–Crippen MR) is 77.1 cm³/mol. The van der Waals surface area contributed by atoms with Gasteiger partial charge >= 0.3 is 0 Å². The Labute approximate surface area is 124 Å². The van der Waals surface area contributed by atoms with Gasteiger partial charge < -0.3 is 5.32 Å². The average Bonchev–Trinajstić information content (AvgIpc) is 2.45. The summed E-state index contributed by atoms with van der Waals surface area (Å²) in [6.45, 7) is 0.0503. The summed E-state index contributed by atoms with van der Waals surface area (Å²) in [5.41, 5.74) is 1.63. The Kier molecular flexibility index (Phi) is 4.70. The van der Waals surface area contributed by atoms with Crippen molar-refractivity contribution in [2.24, 2.45) is 0 Å². The molecule has 0 unspecified atom stereocenters. The summed E-state index contributed by atoms with van der Waals surface area (Å²) in [6, 6.07) is 11.8. The van der Waals surface area contributed by atoms with Gasteiger partial charge in [-0.05, 0) is 45.8 Å². The maximum atomic E-state index is 13.8. The van der Waals surface area contributed by atoms with Crippen LogP contribution >= 0.6 is 15.9 Å². The van der Waals surface area contributed by atoms with Crippen molar-refractivity contribution in [3.05, 3.63) is 63.6 Å². The Balaban J connectivity index is 2.09. The summed E-state index contributed by atoms with van der Waals surface area (Å²) in [4.78, 5) is 0. The molecule has 0 spiro atoms. The van der Waals surface area contributed by atoms with E-state index in [1.807, 2.05) is 0 Å². The number of benzene rings is 2. The van der Waals surface area contributed by atoms with Gasteiger partial charge in [0.15, 0.2) is 0 Å². The van der Waals surface area contributed by atoms with E-state index in [-0.39, 0.29) is 16.6 Å². The molecule has 0 aromatic heterocycles. The predicted octanol–water partition coefficient (Wildman–Crippen LogP) is 4.41. The van der Waals surface area contributed by atoms with Crippen LogP contribution in [0.2, 0.25) is 0 Å². The summed E-state index contributed by atoms with van der Waals surface area (Å²) >= 11 is 3.03. The number of nitrogens with zero attached hydrogens (tertiary/aromatic N) is 1. The molecule has 2 aromatic rings. The summed E-state index contributed by atoms with van der Waals surface area (Å²) in [6.07, 6.45) is 0.342. The van der Waals surface area contributed by atoms with Crippen molar-refractivity contribution >= 4 is 21.6 Å². The van der Waals surface area contributed by atoms with Crippen molar-refractivity contribution in [2.45, 2.75) is 13.0 Å². The lowest BCUT2D eigenvalue weighted by Crippen LogP contribution is -2.05. The third-order valence-electron chi connectivity index (χ3n) is 2.85. The second-order valence-corrected chi connectivity index (χ2v) is 5.06. The normalized spacial score (nSPS) is 10.1. The molecule has 20 heavy (non-hydrogen) atoms. The molecule has 0 atom stereocenters. The van der Waals surface area contributed by atoms with Crippen LogP contribution in [0.15, 0.2) is 40.9 Å². The van der Waals surface area contributed by atoms with Crippen LogP contribution in [0.1, 0.15) is 11.1 Å². The van der Waals surface area contributed by atoms with E-state index in [2.05, 4.69) is 27.3 Å². The monoisotopic (exact) mass is 336 g/mol. The van der Waals surface area contributed by atoms with E-state index in [9.17, 15) is 8.78 Å². The second-order valence-electron chi connectivity index (χ2n) is 4.21. The van der Waals surface area contributed by atoms with Gasteiger partial charge in [-0.1, -0.05) is 12.1 Å². The number of rotatable bonds is 4. The molecule has 0 bridgehead atoms. The molecule has 2 rings (SSSR count). The maximum Gasteiger partial charge on any atom is 0.145 e. The van der Waals surface area contributed by atoms with Crippen molar-refractivity contribution in [3.63, 3.8) is 0 Å². The molecule has 2 aromatic carbocycles. The Hall–Kier alpha value is -1.93. The smallest absolute Gasteiger partial charge is 0.145 e. The van der Waals surface area contributed by atoms with Gasteiger partial charge in [-0.25, -0.2) is 8.78 Å². The van der Waals surface area contributed by atoms with Crippen molar-refractivity contribution in [2.75, 3.05) is 5.32 Å². The summed E-state index contributed by atoms with van der Waals surface area (Å²) < 4.78 is 27.6. The Bertz CT molecular complexity index is 648. The van der Waals surface area contributed by atoms with E-state index < -0.39 is 11.6 Å². The van der Waals surface area contributed by atoms with E-state index in [1.54, 1.807) is 24.3 Å². The molecule has 0 fully saturated rings. The highest BCUT2D eigenvalue weighted by atomic mass is 79.9. The van der Waals surface area contributed by atoms with Crippen LogP contribution in [-0.4, -0.2) is 0 Å². The van der Waals surface area contributed by atoms with Crippen molar-refractivity contribution in [1.82, 2.24) is 0 Å². The van der Waals surface area contributed by atoms with Gasteiger partial charge in [0.1, 0.15) is 11.6 Å².